The molecule has 0 bridgehead atoms. The van der Waals surface area contributed by atoms with Crippen LogP contribution in [-0.2, 0) is 10.9 Å². The molecule has 4 nitrogen and oxygen atoms in total. The number of hydrogen-bond acceptors (Lipinski definition) is 3. The van der Waals surface area contributed by atoms with Gasteiger partial charge < -0.3 is 14.6 Å². The van der Waals surface area contributed by atoms with Gasteiger partial charge >= 0.3 is 12.1 Å². The van der Waals surface area contributed by atoms with Gasteiger partial charge in [0.2, 0.25) is 0 Å². The number of halogens is 3. The van der Waals surface area contributed by atoms with Gasteiger partial charge in [-0.15, -0.1) is 0 Å². The Morgan fingerprint density at radius 3 is 2.23 bits per heavy atom. The van der Waals surface area contributed by atoms with Crippen molar-refractivity contribution in [2.24, 2.45) is 0 Å². The number of carboxylic acids is 1. The lowest BCUT2D eigenvalue weighted by Crippen LogP contribution is -2.21. The Bertz CT molecular complexity index is 740. The molecule has 0 aliphatic heterocycles. The highest BCUT2D eigenvalue weighted by Crippen LogP contribution is 2.32. The van der Waals surface area contributed by atoms with Gasteiger partial charge in [0, 0.05) is 12.5 Å². The van der Waals surface area contributed by atoms with Gasteiger partial charge in [0.25, 0.3) is 0 Å². The monoisotopic (exact) mass is 366 g/mol. The van der Waals surface area contributed by atoms with Crippen LogP contribution in [0.25, 0.3) is 6.08 Å². The highest BCUT2D eigenvalue weighted by molar-refractivity contribution is 5.85. The summed E-state index contributed by atoms with van der Waals surface area (Å²) in [6.45, 7) is -0.284. The number of carbonyl (C=O) groups is 1. The van der Waals surface area contributed by atoms with Gasteiger partial charge in [-0.05, 0) is 48.0 Å². The molecule has 0 radical (unpaired) electrons. The van der Waals surface area contributed by atoms with E-state index in [4.69, 9.17) is 14.6 Å². The predicted octanol–water partition coefficient (Wildman–Crippen LogP) is 4.65. The highest BCUT2D eigenvalue weighted by Gasteiger charge is 2.34. The molecule has 0 unspecified atom stereocenters. The van der Waals surface area contributed by atoms with Crippen molar-refractivity contribution in [1.82, 2.24) is 0 Å². The molecule has 2 aromatic rings. The van der Waals surface area contributed by atoms with Crippen LogP contribution in [0.2, 0.25) is 0 Å². The number of carboxylic acid groups (broad SMARTS) is 1. The lowest BCUT2D eigenvalue weighted by molar-refractivity contribution is -0.185. The quantitative estimate of drug-likeness (QED) is 0.518. The van der Waals surface area contributed by atoms with E-state index in [0.717, 1.165) is 18.2 Å². The molecule has 0 saturated carbocycles. The maximum Gasteiger partial charge on any atom is 0.426 e. The first-order chi connectivity index (χ1) is 12.4. The zero-order valence-electron chi connectivity index (χ0n) is 13.7. The van der Waals surface area contributed by atoms with Gasteiger partial charge in [-0.3, -0.25) is 4.39 Å². The molecule has 0 aromatic heterocycles. The van der Waals surface area contributed by atoms with Crippen LogP contribution in [0.3, 0.4) is 0 Å². The maximum absolute atomic E-state index is 14.2. The number of benzene rings is 2. The molecule has 0 fully saturated rings. The molecule has 2 aromatic carbocycles. The summed E-state index contributed by atoms with van der Waals surface area (Å²) in [6.07, 6.45) is -1.09. The Morgan fingerprint density at radius 1 is 1.04 bits per heavy atom. The molecular weight excluding hydrogens is 349 g/mol. The first kappa shape index (κ1) is 19.4. The van der Waals surface area contributed by atoms with E-state index in [2.05, 4.69) is 0 Å². The molecule has 0 spiro atoms. The summed E-state index contributed by atoms with van der Waals surface area (Å²) in [5, 5.41) is 8.55. The maximum atomic E-state index is 14.2. The minimum atomic E-state index is -3.56. The van der Waals surface area contributed by atoms with E-state index < -0.39 is 18.8 Å². The lowest BCUT2D eigenvalue weighted by atomic mass is 10.1. The van der Waals surface area contributed by atoms with E-state index >= 15 is 0 Å². The number of aliphatic carboxylic acids is 1. The zero-order valence-corrected chi connectivity index (χ0v) is 13.7. The smallest absolute Gasteiger partial charge is 0.426 e. The summed E-state index contributed by atoms with van der Waals surface area (Å²) < 4.78 is 50.4. The Labute approximate surface area is 148 Å². The Morgan fingerprint density at radius 2 is 1.65 bits per heavy atom. The summed E-state index contributed by atoms with van der Waals surface area (Å²) in [7, 11) is 0. The molecule has 0 aliphatic rings. The van der Waals surface area contributed by atoms with Crippen molar-refractivity contribution in [2.75, 3.05) is 13.3 Å². The third-order valence-electron chi connectivity index (χ3n) is 3.28. The van der Waals surface area contributed by atoms with Crippen LogP contribution in [0.15, 0.2) is 54.6 Å². The van der Waals surface area contributed by atoms with Gasteiger partial charge in [-0.25, -0.2) is 4.79 Å². The fourth-order valence-electron chi connectivity index (χ4n) is 2.01. The van der Waals surface area contributed by atoms with E-state index in [9.17, 15) is 18.0 Å². The van der Waals surface area contributed by atoms with Crippen LogP contribution >= 0.6 is 0 Å². The second-order valence-electron chi connectivity index (χ2n) is 5.27. The standard InChI is InChI=1S/C19H17F3O4/c20-12-1-13-25-16-7-9-17(10-8-16)26-19(21,22)15-5-2-14(3-6-15)4-11-18(23)24/h2-11H,1,12-13H2,(H,23,24)/b11-4+. The third kappa shape index (κ3) is 5.84. The number of alkyl halides is 3. The molecule has 1 N–H and O–H groups in total. The van der Waals surface area contributed by atoms with Crippen LogP contribution < -0.4 is 9.47 Å². The topological polar surface area (TPSA) is 55.8 Å². The molecule has 2 rings (SSSR count). The molecule has 0 saturated heterocycles. The molecule has 7 heteroatoms. The largest absolute Gasteiger partial charge is 0.493 e. The van der Waals surface area contributed by atoms with E-state index in [1.54, 1.807) is 0 Å². The SMILES string of the molecule is O=C(O)/C=C/c1ccc(C(F)(F)Oc2ccc(OCCCF)cc2)cc1. The van der Waals surface area contributed by atoms with Crippen LogP contribution in [0.4, 0.5) is 13.2 Å². The Hall–Kier alpha value is -2.96. The Balaban J connectivity index is 2.02. The number of rotatable bonds is 9. The molecular formula is C19H17F3O4. The Kier molecular flexibility index (Phi) is 6.66. The summed E-state index contributed by atoms with van der Waals surface area (Å²) in [5.41, 5.74) is 0.106. The minimum Gasteiger partial charge on any atom is -0.493 e. The number of hydrogen-bond donors (Lipinski definition) is 1. The first-order valence-electron chi connectivity index (χ1n) is 7.78. The fourth-order valence-corrected chi connectivity index (χ4v) is 2.01. The highest BCUT2D eigenvalue weighted by atomic mass is 19.3. The van der Waals surface area contributed by atoms with Gasteiger partial charge in [-0.2, -0.15) is 8.78 Å². The molecule has 0 amide bonds. The lowest BCUT2D eigenvalue weighted by Gasteiger charge is -2.18. The summed E-state index contributed by atoms with van der Waals surface area (Å²) in [5.74, 6) is -0.744. The summed E-state index contributed by atoms with van der Waals surface area (Å²) >= 11 is 0. The van der Waals surface area contributed by atoms with Crippen LogP contribution in [0.5, 0.6) is 11.5 Å². The van der Waals surface area contributed by atoms with Crippen molar-refractivity contribution in [3.63, 3.8) is 0 Å². The van der Waals surface area contributed by atoms with Crippen molar-refractivity contribution in [1.29, 1.82) is 0 Å². The molecule has 0 atom stereocenters. The summed E-state index contributed by atoms with van der Waals surface area (Å²) in [6, 6.07) is 10.7. The predicted molar refractivity (Wildman–Crippen MR) is 90.2 cm³/mol. The molecule has 138 valence electrons. The van der Waals surface area contributed by atoms with E-state index in [0.29, 0.717) is 11.3 Å². The van der Waals surface area contributed by atoms with E-state index in [-0.39, 0.29) is 24.3 Å². The van der Waals surface area contributed by atoms with Crippen molar-refractivity contribution in [2.45, 2.75) is 12.5 Å². The first-order valence-corrected chi connectivity index (χ1v) is 7.78. The second-order valence-corrected chi connectivity index (χ2v) is 5.27. The van der Waals surface area contributed by atoms with Gasteiger partial charge in [0.15, 0.2) is 0 Å². The normalized spacial score (nSPS) is 11.5. The van der Waals surface area contributed by atoms with Gasteiger partial charge in [0.05, 0.1) is 18.8 Å². The second kappa shape index (κ2) is 8.94. The van der Waals surface area contributed by atoms with Crippen molar-refractivity contribution >= 4 is 12.0 Å². The van der Waals surface area contributed by atoms with Crippen molar-refractivity contribution in [3.05, 3.63) is 65.7 Å². The van der Waals surface area contributed by atoms with Crippen molar-refractivity contribution in [3.8, 4) is 11.5 Å². The minimum absolute atomic E-state index is 0.0531. The van der Waals surface area contributed by atoms with Crippen LogP contribution in [0.1, 0.15) is 17.5 Å². The van der Waals surface area contributed by atoms with Crippen LogP contribution in [0, 0.1) is 0 Å². The van der Waals surface area contributed by atoms with Gasteiger partial charge in [0.1, 0.15) is 11.5 Å². The van der Waals surface area contributed by atoms with Gasteiger partial charge in [-0.1, -0.05) is 12.1 Å². The van der Waals surface area contributed by atoms with E-state index in [1.807, 2.05) is 0 Å². The number of ether oxygens (including phenoxy) is 2. The molecule has 0 heterocycles. The fraction of sp³-hybridized carbons (Fsp3) is 0.211. The average Bonchev–Trinajstić information content (AvgIpc) is 2.62. The third-order valence-corrected chi connectivity index (χ3v) is 3.28. The van der Waals surface area contributed by atoms with E-state index in [1.165, 1.54) is 42.5 Å². The summed E-state index contributed by atoms with van der Waals surface area (Å²) in [4.78, 5) is 10.4. The van der Waals surface area contributed by atoms with Crippen molar-refractivity contribution < 1.29 is 32.5 Å². The zero-order chi connectivity index (χ0) is 19.0. The van der Waals surface area contributed by atoms with Crippen LogP contribution in [-0.4, -0.2) is 24.4 Å². The molecule has 0 aliphatic carbocycles. The average molecular weight is 366 g/mol. The molecule has 26 heavy (non-hydrogen) atoms.